The van der Waals surface area contributed by atoms with E-state index >= 15 is 0 Å². The molecule has 2 unspecified atom stereocenters. The first-order chi connectivity index (χ1) is 7.38. The molecule has 2 heterocycles. The highest BCUT2D eigenvalue weighted by atomic mass is 16.5. The average Bonchev–Trinajstić information content (AvgIpc) is 2.76. The van der Waals surface area contributed by atoms with Crippen molar-refractivity contribution in [1.29, 1.82) is 0 Å². The Morgan fingerprint density at radius 2 is 2.27 bits per heavy atom. The Morgan fingerprint density at radius 1 is 1.33 bits per heavy atom. The van der Waals surface area contributed by atoms with Crippen LogP contribution in [0.5, 0.6) is 0 Å². The van der Waals surface area contributed by atoms with E-state index in [1.807, 2.05) is 7.11 Å². The number of hydrogen-bond donors (Lipinski definition) is 1. The van der Waals surface area contributed by atoms with Crippen LogP contribution in [0.2, 0.25) is 0 Å². The first-order valence-corrected chi connectivity index (χ1v) is 6.37. The topological polar surface area (TPSA) is 24.5 Å². The third-order valence-corrected chi connectivity index (χ3v) is 3.77. The summed E-state index contributed by atoms with van der Waals surface area (Å²) in [6.07, 6.45) is 7.18. The average molecular weight is 212 g/mol. The van der Waals surface area contributed by atoms with E-state index in [0.717, 1.165) is 12.6 Å². The van der Waals surface area contributed by atoms with Crippen molar-refractivity contribution >= 4 is 0 Å². The number of rotatable bonds is 4. The molecule has 0 radical (unpaired) electrons. The minimum absolute atomic E-state index is 0.490. The molecule has 0 saturated carbocycles. The molecule has 0 bridgehead atoms. The molecule has 3 nitrogen and oxygen atoms in total. The highest BCUT2D eigenvalue weighted by Crippen LogP contribution is 2.15. The molecule has 0 amide bonds. The third-order valence-electron chi connectivity index (χ3n) is 3.77. The standard InChI is InChI=1S/C12H24N2O/c1-15-12-6-9-14(10-12)8-5-11-4-2-3-7-13-11/h11-13H,2-10H2,1H3. The van der Waals surface area contributed by atoms with E-state index in [9.17, 15) is 0 Å². The summed E-state index contributed by atoms with van der Waals surface area (Å²) in [6, 6.07) is 0.778. The summed E-state index contributed by atoms with van der Waals surface area (Å²) in [6.45, 7) is 4.84. The van der Waals surface area contributed by atoms with Gasteiger partial charge in [-0.15, -0.1) is 0 Å². The molecule has 2 fully saturated rings. The monoisotopic (exact) mass is 212 g/mol. The van der Waals surface area contributed by atoms with Gasteiger partial charge < -0.3 is 15.0 Å². The van der Waals surface area contributed by atoms with Crippen LogP contribution < -0.4 is 5.32 Å². The summed E-state index contributed by atoms with van der Waals surface area (Å²) in [5.41, 5.74) is 0. The van der Waals surface area contributed by atoms with Crippen molar-refractivity contribution in [1.82, 2.24) is 10.2 Å². The maximum Gasteiger partial charge on any atom is 0.0710 e. The minimum atomic E-state index is 0.490. The van der Waals surface area contributed by atoms with E-state index in [4.69, 9.17) is 4.74 Å². The van der Waals surface area contributed by atoms with Crippen molar-refractivity contribution in [2.75, 3.05) is 33.3 Å². The molecule has 0 aliphatic carbocycles. The predicted octanol–water partition coefficient (Wildman–Crippen LogP) is 1.24. The van der Waals surface area contributed by atoms with E-state index in [1.165, 1.54) is 51.7 Å². The molecule has 3 heteroatoms. The van der Waals surface area contributed by atoms with E-state index in [2.05, 4.69) is 10.2 Å². The van der Waals surface area contributed by atoms with Gasteiger partial charge in [-0.3, -0.25) is 0 Å². The molecule has 2 atom stereocenters. The van der Waals surface area contributed by atoms with Gasteiger partial charge in [0.15, 0.2) is 0 Å². The van der Waals surface area contributed by atoms with Gasteiger partial charge in [0.2, 0.25) is 0 Å². The van der Waals surface area contributed by atoms with Crippen LogP contribution in [0, 0.1) is 0 Å². The summed E-state index contributed by atoms with van der Waals surface area (Å²) in [5, 5.41) is 3.61. The number of nitrogens with one attached hydrogen (secondary N) is 1. The van der Waals surface area contributed by atoms with E-state index in [1.54, 1.807) is 0 Å². The van der Waals surface area contributed by atoms with Gasteiger partial charge in [0.05, 0.1) is 6.10 Å². The van der Waals surface area contributed by atoms with Crippen molar-refractivity contribution in [2.24, 2.45) is 0 Å². The Kier molecular flexibility index (Phi) is 4.42. The van der Waals surface area contributed by atoms with Gasteiger partial charge in [0.25, 0.3) is 0 Å². The van der Waals surface area contributed by atoms with Gasteiger partial charge in [0.1, 0.15) is 0 Å². The maximum absolute atomic E-state index is 5.38. The van der Waals surface area contributed by atoms with Gasteiger partial charge in [-0.05, 0) is 38.8 Å². The maximum atomic E-state index is 5.38. The smallest absolute Gasteiger partial charge is 0.0710 e. The number of nitrogens with zero attached hydrogens (tertiary/aromatic N) is 1. The second kappa shape index (κ2) is 5.83. The second-order valence-electron chi connectivity index (χ2n) is 4.88. The number of piperidine rings is 1. The van der Waals surface area contributed by atoms with Crippen molar-refractivity contribution in [2.45, 2.75) is 44.2 Å². The van der Waals surface area contributed by atoms with Crippen LogP contribution in [-0.2, 0) is 4.74 Å². The van der Waals surface area contributed by atoms with Crippen LogP contribution >= 0.6 is 0 Å². The van der Waals surface area contributed by atoms with Gasteiger partial charge in [-0.1, -0.05) is 6.42 Å². The molecule has 88 valence electrons. The van der Waals surface area contributed by atoms with Crippen LogP contribution in [0.1, 0.15) is 32.1 Å². The molecule has 0 spiro atoms. The zero-order valence-electron chi connectivity index (χ0n) is 9.87. The van der Waals surface area contributed by atoms with E-state index in [0.29, 0.717) is 6.10 Å². The van der Waals surface area contributed by atoms with Gasteiger partial charge in [-0.2, -0.15) is 0 Å². The lowest BCUT2D eigenvalue weighted by Crippen LogP contribution is -2.37. The van der Waals surface area contributed by atoms with E-state index < -0.39 is 0 Å². The quantitative estimate of drug-likeness (QED) is 0.759. The lowest BCUT2D eigenvalue weighted by molar-refractivity contribution is 0.107. The molecule has 0 aromatic rings. The summed E-state index contributed by atoms with van der Waals surface area (Å²) < 4.78 is 5.38. The molecule has 0 aromatic carbocycles. The molecule has 1 N–H and O–H groups in total. The Hall–Kier alpha value is -0.120. The Labute approximate surface area is 93.2 Å². The zero-order chi connectivity index (χ0) is 10.5. The van der Waals surface area contributed by atoms with Crippen molar-refractivity contribution in [3.8, 4) is 0 Å². The van der Waals surface area contributed by atoms with Crippen LogP contribution in [-0.4, -0.2) is 50.3 Å². The Morgan fingerprint density at radius 3 is 2.93 bits per heavy atom. The lowest BCUT2D eigenvalue weighted by Gasteiger charge is -2.25. The molecule has 2 aliphatic heterocycles. The minimum Gasteiger partial charge on any atom is -0.380 e. The van der Waals surface area contributed by atoms with Crippen LogP contribution in [0.15, 0.2) is 0 Å². The fourth-order valence-corrected chi connectivity index (χ4v) is 2.70. The predicted molar refractivity (Wildman–Crippen MR) is 62.1 cm³/mol. The normalized spacial score (nSPS) is 33.4. The van der Waals surface area contributed by atoms with Gasteiger partial charge >= 0.3 is 0 Å². The third kappa shape index (κ3) is 3.44. The molecule has 2 saturated heterocycles. The van der Waals surface area contributed by atoms with Crippen molar-refractivity contribution in [3.63, 3.8) is 0 Å². The highest BCUT2D eigenvalue weighted by molar-refractivity contribution is 4.79. The first-order valence-electron chi connectivity index (χ1n) is 6.37. The summed E-state index contributed by atoms with van der Waals surface area (Å²) in [4.78, 5) is 2.55. The van der Waals surface area contributed by atoms with Crippen molar-refractivity contribution < 1.29 is 4.74 Å². The molecule has 2 rings (SSSR count). The molecular formula is C12H24N2O. The number of ether oxygens (including phenoxy) is 1. The number of likely N-dealkylation sites (tertiary alicyclic amines) is 1. The lowest BCUT2D eigenvalue weighted by atomic mass is 10.0. The van der Waals surface area contributed by atoms with Crippen LogP contribution in [0.25, 0.3) is 0 Å². The zero-order valence-corrected chi connectivity index (χ0v) is 9.87. The fraction of sp³-hybridized carbons (Fsp3) is 1.00. The van der Waals surface area contributed by atoms with Crippen LogP contribution in [0.3, 0.4) is 0 Å². The molecule has 15 heavy (non-hydrogen) atoms. The molecule has 0 aromatic heterocycles. The largest absolute Gasteiger partial charge is 0.380 e. The highest BCUT2D eigenvalue weighted by Gasteiger charge is 2.22. The summed E-state index contributed by atoms with van der Waals surface area (Å²) in [7, 11) is 1.83. The van der Waals surface area contributed by atoms with Gasteiger partial charge in [0, 0.05) is 26.2 Å². The number of hydrogen-bond acceptors (Lipinski definition) is 3. The summed E-state index contributed by atoms with van der Waals surface area (Å²) in [5.74, 6) is 0. The van der Waals surface area contributed by atoms with Crippen molar-refractivity contribution in [3.05, 3.63) is 0 Å². The summed E-state index contributed by atoms with van der Waals surface area (Å²) >= 11 is 0. The Bertz CT molecular complexity index is 180. The SMILES string of the molecule is COC1CCN(CCC2CCCCN2)C1. The molecular weight excluding hydrogens is 188 g/mol. The molecule has 2 aliphatic rings. The van der Waals surface area contributed by atoms with E-state index in [-0.39, 0.29) is 0 Å². The van der Waals surface area contributed by atoms with Crippen LogP contribution in [0.4, 0.5) is 0 Å². The first kappa shape index (κ1) is 11.4. The fourth-order valence-electron chi connectivity index (χ4n) is 2.70. The number of methoxy groups -OCH3 is 1. The second-order valence-corrected chi connectivity index (χ2v) is 4.88. The van der Waals surface area contributed by atoms with Gasteiger partial charge in [-0.25, -0.2) is 0 Å². The Balaban J connectivity index is 1.61.